The third-order valence-electron chi connectivity index (χ3n) is 3.80. The van der Waals surface area contributed by atoms with Gasteiger partial charge in [-0.25, -0.2) is 4.57 Å². The SMILES string of the molecule is C[n+]1ccccc1/C=C/c1cccc(Oc2cccc(C(F)(F)F)c2)c1. The summed E-state index contributed by atoms with van der Waals surface area (Å²) in [6.45, 7) is 0. The zero-order valence-corrected chi connectivity index (χ0v) is 14.1. The predicted molar refractivity (Wildman–Crippen MR) is 94.5 cm³/mol. The number of hydrogen-bond acceptors (Lipinski definition) is 1. The van der Waals surface area contributed by atoms with E-state index in [0.717, 1.165) is 23.4 Å². The van der Waals surface area contributed by atoms with Crippen LogP contribution in [0.4, 0.5) is 13.2 Å². The van der Waals surface area contributed by atoms with Gasteiger partial charge in [-0.15, -0.1) is 0 Å². The second kappa shape index (κ2) is 7.44. The fourth-order valence-electron chi connectivity index (χ4n) is 2.45. The minimum Gasteiger partial charge on any atom is -0.457 e. The van der Waals surface area contributed by atoms with Crippen LogP contribution in [0.15, 0.2) is 72.9 Å². The van der Waals surface area contributed by atoms with Gasteiger partial charge in [0.25, 0.3) is 0 Å². The van der Waals surface area contributed by atoms with Gasteiger partial charge in [-0.1, -0.05) is 18.2 Å². The Labute approximate surface area is 149 Å². The molecule has 0 N–H and O–H groups in total. The van der Waals surface area contributed by atoms with Crippen molar-refractivity contribution >= 4 is 12.2 Å². The fraction of sp³-hybridized carbons (Fsp3) is 0.0952. The average Bonchev–Trinajstić information content (AvgIpc) is 2.61. The third-order valence-corrected chi connectivity index (χ3v) is 3.80. The summed E-state index contributed by atoms with van der Waals surface area (Å²) in [5.41, 5.74) is 1.18. The highest BCUT2D eigenvalue weighted by Crippen LogP contribution is 2.32. The van der Waals surface area contributed by atoms with Crippen LogP contribution >= 0.6 is 0 Å². The largest absolute Gasteiger partial charge is 0.457 e. The molecule has 0 radical (unpaired) electrons. The summed E-state index contributed by atoms with van der Waals surface area (Å²) in [7, 11) is 1.95. The van der Waals surface area contributed by atoms with Crippen LogP contribution in [0.25, 0.3) is 12.2 Å². The molecule has 0 atom stereocenters. The first-order chi connectivity index (χ1) is 12.4. The van der Waals surface area contributed by atoms with E-state index in [9.17, 15) is 13.2 Å². The molecule has 0 aliphatic heterocycles. The Morgan fingerprint density at radius 3 is 2.31 bits per heavy atom. The molecule has 0 aliphatic carbocycles. The second-order valence-corrected chi connectivity index (χ2v) is 5.77. The van der Waals surface area contributed by atoms with E-state index in [2.05, 4.69) is 0 Å². The molecule has 0 spiro atoms. The molecule has 5 heteroatoms. The number of hydrogen-bond donors (Lipinski definition) is 0. The van der Waals surface area contributed by atoms with Crippen molar-refractivity contribution in [2.45, 2.75) is 6.18 Å². The summed E-state index contributed by atoms with van der Waals surface area (Å²) in [6, 6.07) is 17.9. The molecule has 3 aromatic rings. The normalized spacial score (nSPS) is 11.7. The molecule has 0 fully saturated rings. The maximum Gasteiger partial charge on any atom is 0.416 e. The highest BCUT2D eigenvalue weighted by Gasteiger charge is 2.30. The Morgan fingerprint density at radius 2 is 1.58 bits per heavy atom. The highest BCUT2D eigenvalue weighted by atomic mass is 19.4. The first kappa shape index (κ1) is 17.7. The van der Waals surface area contributed by atoms with Gasteiger partial charge in [0.1, 0.15) is 18.5 Å². The summed E-state index contributed by atoms with van der Waals surface area (Å²) >= 11 is 0. The molecule has 0 saturated heterocycles. The summed E-state index contributed by atoms with van der Waals surface area (Å²) in [6.07, 6.45) is 1.44. The van der Waals surface area contributed by atoms with Gasteiger partial charge in [0.15, 0.2) is 6.20 Å². The number of alkyl halides is 3. The highest BCUT2D eigenvalue weighted by molar-refractivity contribution is 5.67. The lowest BCUT2D eigenvalue weighted by Crippen LogP contribution is -2.30. The van der Waals surface area contributed by atoms with Crippen molar-refractivity contribution in [3.8, 4) is 11.5 Å². The van der Waals surface area contributed by atoms with Gasteiger partial charge in [0, 0.05) is 18.2 Å². The molecule has 1 aromatic heterocycles. The zero-order chi connectivity index (χ0) is 18.6. The Bertz CT molecular complexity index is 932. The van der Waals surface area contributed by atoms with Crippen LogP contribution in [-0.4, -0.2) is 0 Å². The Morgan fingerprint density at radius 1 is 0.846 bits per heavy atom. The van der Waals surface area contributed by atoms with Gasteiger partial charge in [0.05, 0.1) is 5.56 Å². The number of ether oxygens (including phenoxy) is 1. The molecule has 0 aliphatic rings. The lowest BCUT2D eigenvalue weighted by molar-refractivity contribution is -0.673. The first-order valence-corrected chi connectivity index (χ1v) is 8.00. The van der Waals surface area contributed by atoms with Crippen molar-refractivity contribution in [2.24, 2.45) is 7.05 Å². The number of rotatable bonds is 4. The van der Waals surface area contributed by atoms with Gasteiger partial charge in [-0.2, -0.15) is 13.2 Å². The van der Waals surface area contributed by atoms with E-state index in [-0.39, 0.29) is 5.75 Å². The van der Waals surface area contributed by atoms with Crippen molar-refractivity contribution in [3.63, 3.8) is 0 Å². The quantitative estimate of drug-likeness (QED) is 0.563. The minimum absolute atomic E-state index is 0.149. The predicted octanol–water partition coefficient (Wildman–Crippen LogP) is 5.49. The van der Waals surface area contributed by atoms with E-state index in [4.69, 9.17) is 4.74 Å². The number of nitrogens with zero attached hydrogens (tertiary/aromatic N) is 1. The van der Waals surface area contributed by atoms with Crippen LogP contribution in [0.3, 0.4) is 0 Å². The van der Waals surface area contributed by atoms with Crippen molar-refractivity contribution < 1.29 is 22.5 Å². The molecule has 2 nitrogen and oxygen atoms in total. The van der Waals surface area contributed by atoms with E-state index < -0.39 is 11.7 Å². The van der Waals surface area contributed by atoms with Crippen molar-refractivity contribution in [1.82, 2.24) is 0 Å². The Kier molecular flexibility index (Phi) is 5.07. The van der Waals surface area contributed by atoms with E-state index in [0.29, 0.717) is 5.75 Å². The Hall–Kier alpha value is -3.08. The molecule has 132 valence electrons. The Balaban J connectivity index is 1.79. The molecule has 0 amide bonds. The fourth-order valence-corrected chi connectivity index (χ4v) is 2.45. The maximum atomic E-state index is 12.8. The number of halogens is 3. The van der Waals surface area contributed by atoms with Crippen LogP contribution in [0, 0.1) is 0 Å². The van der Waals surface area contributed by atoms with Crippen molar-refractivity contribution in [2.75, 3.05) is 0 Å². The van der Waals surface area contributed by atoms with Crippen LogP contribution in [0.2, 0.25) is 0 Å². The average molecular weight is 356 g/mol. The summed E-state index contributed by atoms with van der Waals surface area (Å²) in [4.78, 5) is 0. The van der Waals surface area contributed by atoms with E-state index in [1.54, 1.807) is 18.2 Å². The number of aryl methyl sites for hydroxylation is 1. The monoisotopic (exact) mass is 356 g/mol. The van der Waals surface area contributed by atoms with Gasteiger partial charge in [-0.05, 0) is 48.0 Å². The molecular weight excluding hydrogens is 339 g/mol. The van der Waals surface area contributed by atoms with Crippen LogP contribution in [0.1, 0.15) is 16.8 Å². The minimum atomic E-state index is -4.39. The number of pyridine rings is 1. The van der Waals surface area contributed by atoms with Gasteiger partial charge < -0.3 is 4.74 Å². The lowest BCUT2D eigenvalue weighted by atomic mass is 10.1. The first-order valence-electron chi connectivity index (χ1n) is 8.00. The zero-order valence-electron chi connectivity index (χ0n) is 14.1. The lowest BCUT2D eigenvalue weighted by Gasteiger charge is -2.10. The second-order valence-electron chi connectivity index (χ2n) is 5.77. The van der Waals surface area contributed by atoms with Crippen molar-refractivity contribution in [3.05, 3.63) is 89.7 Å². The summed E-state index contributed by atoms with van der Waals surface area (Å²) in [5.74, 6) is 0.624. The standard InChI is InChI=1S/C21H17F3NO/c1-25-13-3-2-8-18(25)12-11-16-6-4-9-19(14-16)26-20-10-5-7-17(15-20)21(22,23)24/h2-15H,1H3/q+1/b12-11+. The van der Waals surface area contributed by atoms with E-state index in [1.165, 1.54) is 12.1 Å². The van der Waals surface area contributed by atoms with Crippen LogP contribution in [0.5, 0.6) is 11.5 Å². The summed E-state index contributed by atoms with van der Waals surface area (Å²) in [5, 5.41) is 0. The molecule has 3 rings (SSSR count). The van der Waals surface area contributed by atoms with Crippen LogP contribution < -0.4 is 9.30 Å². The smallest absolute Gasteiger partial charge is 0.416 e. The third kappa shape index (κ3) is 4.51. The van der Waals surface area contributed by atoms with Crippen LogP contribution in [-0.2, 0) is 13.2 Å². The molecule has 2 aromatic carbocycles. The number of aromatic nitrogens is 1. The molecule has 0 bridgehead atoms. The van der Waals surface area contributed by atoms with Gasteiger partial charge in [0.2, 0.25) is 5.69 Å². The van der Waals surface area contributed by atoms with E-state index in [1.807, 2.05) is 54.2 Å². The summed E-state index contributed by atoms with van der Waals surface area (Å²) < 4.78 is 46.0. The van der Waals surface area contributed by atoms with Gasteiger partial charge in [-0.3, -0.25) is 0 Å². The topological polar surface area (TPSA) is 13.1 Å². The molecule has 0 saturated carbocycles. The van der Waals surface area contributed by atoms with Gasteiger partial charge >= 0.3 is 6.18 Å². The molecular formula is C21H17F3NO+. The molecule has 26 heavy (non-hydrogen) atoms. The molecule has 0 unspecified atom stereocenters. The number of benzene rings is 2. The molecule has 1 heterocycles. The maximum absolute atomic E-state index is 12.8. The van der Waals surface area contributed by atoms with E-state index >= 15 is 0 Å². The van der Waals surface area contributed by atoms with Crippen molar-refractivity contribution in [1.29, 1.82) is 0 Å².